The maximum Gasteiger partial charge on any atom is 0.374 e. The summed E-state index contributed by atoms with van der Waals surface area (Å²) >= 11 is 0. The summed E-state index contributed by atoms with van der Waals surface area (Å²) in [6.07, 6.45) is 0. The third kappa shape index (κ3) is 4.33. The van der Waals surface area contributed by atoms with Crippen molar-refractivity contribution >= 4 is 28.5 Å². The third-order valence-corrected chi connectivity index (χ3v) is 3.77. The van der Waals surface area contributed by atoms with Crippen LogP contribution in [-0.4, -0.2) is 25.6 Å². The SMILES string of the molecule is COc1cccc(NC(=O)COC(=O)c2cc(=O)c3cc(C)ccc3o2)c1. The van der Waals surface area contributed by atoms with Gasteiger partial charge in [0, 0.05) is 17.8 Å². The van der Waals surface area contributed by atoms with Gasteiger partial charge in [-0.25, -0.2) is 4.79 Å². The lowest BCUT2D eigenvalue weighted by Gasteiger charge is -2.08. The van der Waals surface area contributed by atoms with Crippen molar-refractivity contribution < 1.29 is 23.5 Å². The minimum atomic E-state index is -0.893. The molecule has 0 bridgehead atoms. The van der Waals surface area contributed by atoms with Gasteiger partial charge < -0.3 is 19.2 Å². The van der Waals surface area contributed by atoms with Crippen molar-refractivity contribution in [1.82, 2.24) is 0 Å². The Morgan fingerprint density at radius 3 is 2.70 bits per heavy atom. The quantitative estimate of drug-likeness (QED) is 0.697. The summed E-state index contributed by atoms with van der Waals surface area (Å²) in [5, 5.41) is 2.96. The highest BCUT2D eigenvalue weighted by Crippen LogP contribution is 2.17. The van der Waals surface area contributed by atoms with Gasteiger partial charge in [0.05, 0.1) is 12.5 Å². The maximum atomic E-state index is 12.1. The van der Waals surface area contributed by atoms with Crippen molar-refractivity contribution in [3.05, 3.63) is 70.1 Å². The second kappa shape index (κ2) is 7.74. The predicted octanol–water partition coefficient (Wildman–Crippen LogP) is 2.91. The fourth-order valence-corrected chi connectivity index (χ4v) is 2.47. The fourth-order valence-electron chi connectivity index (χ4n) is 2.47. The van der Waals surface area contributed by atoms with Crippen LogP contribution < -0.4 is 15.5 Å². The molecule has 0 spiro atoms. The molecule has 1 heterocycles. The topological polar surface area (TPSA) is 94.8 Å². The zero-order valence-electron chi connectivity index (χ0n) is 14.8. The number of hydrogen-bond donors (Lipinski definition) is 1. The summed E-state index contributed by atoms with van der Waals surface area (Å²) in [6, 6.07) is 12.9. The first-order valence-corrected chi connectivity index (χ1v) is 8.12. The van der Waals surface area contributed by atoms with Crippen molar-refractivity contribution in [3.8, 4) is 5.75 Å². The highest BCUT2D eigenvalue weighted by atomic mass is 16.5. The van der Waals surface area contributed by atoms with Crippen molar-refractivity contribution in [2.75, 3.05) is 19.0 Å². The Hall–Kier alpha value is -3.61. The van der Waals surface area contributed by atoms with Gasteiger partial charge >= 0.3 is 5.97 Å². The summed E-state index contributed by atoms with van der Waals surface area (Å²) in [4.78, 5) is 36.2. The van der Waals surface area contributed by atoms with Gasteiger partial charge in [0.25, 0.3) is 5.91 Å². The van der Waals surface area contributed by atoms with E-state index in [4.69, 9.17) is 13.9 Å². The van der Waals surface area contributed by atoms with E-state index in [0.717, 1.165) is 11.6 Å². The van der Waals surface area contributed by atoms with Crippen LogP contribution in [-0.2, 0) is 9.53 Å². The van der Waals surface area contributed by atoms with E-state index in [9.17, 15) is 14.4 Å². The Morgan fingerprint density at radius 1 is 1.11 bits per heavy atom. The first-order valence-electron chi connectivity index (χ1n) is 8.12. The van der Waals surface area contributed by atoms with Crippen molar-refractivity contribution in [3.63, 3.8) is 0 Å². The first kappa shape index (κ1) is 18.2. The average molecular weight is 367 g/mol. The van der Waals surface area contributed by atoms with Crippen molar-refractivity contribution in [2.24, 2.45) is 0 Å². The third-order valence-electron chi connectivity index (χ3n) is 3.77. The molecule has 0 saturated carbocycles. The number of nitrogens with one attached hydrogen (secondary N) is 1. The number of rotatable bonds is 5. The van der Waals surface area contributed by atoms with Gasteiger partial charge in [-0.2, -0.15) is 0 Å². The molecule has 7 nitrogen and oxygen atoms in total. The maximum absolute atomic E-state index is 12.1. The molecular weight excluding hydrogens is 350 g/mol. The Labute approximate surface area is 154 Å². The van der Waals surface area contributed by atoms with E-state index in [1.807, 2.05) is 6.92 Å². The van der Waals surface area contributed by atoms with E-state index in [0.29, 0.717) is 16.8 Å². The average Bonchev–Trinajstić information content (AvgIpc) is 2.66. The van der Waals surface area contributed by atoms with Crippen LogP contribution in [0.3, 0.4) is 0 Å². The molecule has 3 rings (SSSR count). The molecule has 2 aromatic carbocycles. The zero-order chi connectivity index (χ0) is 19.4. The van der Waals surface area contributed by atoms with Gasteiger partial charge in [0.1, 0.15) is 11.3 Å². The van der Waals surface area contributed by atoms with Crippen molar-refractivity contribution in [1.29, 1.82) is 0 Å². The Kier molecular flexibility index (Phi) is 5.21. The number of ether oxygens (including phenoxy) is 2. The van der Waals surface area contributed by atoms with Crippen LogP contribution in [0, 0.1) is 6.92 Å². The predicted molar refractivity (Wildman–Crippen MR) is 99.1 cm³/mol. The number of carbonyl (C=O) groups is 2. The number of fused-ring (bicyclic) bond motifs is 1. The second-order valence-electron chi connectivity index (χ2n) is 5.83. The lowest BCUT2D eigenvalue weighted by molar-refractivity contribution is -0.119. The van der Waals surface area contributed by atoms with Gasteiger partial charge in [0.2, 0.25) is 5.76 Å². The molecule has 0 aliphatic heterocycles. The molecule has 7 heteroatoms. The highest BCUT2D eigenvalue weighted by molar-refractivity contribution is 5.95. The number of esters is 1. The molecule has 0 fully saturated rings. The van der Waals surface area contributed by atoms with Crippen LogP contribution in [0.5, 0.6) is 5.75 Å². The summed E-state index contributed by atoms with van der Waals surface area (Å²) in [7, 11) is 1.52. The van der Waals surface area contributed by atoms with E-state index in [1.54, 1.807) is 42.5 Å². The van der Waals surface area contributed by atoms with Crippen molar-refractivity contribution in [2.45, 2.75) is 6.92 Å². The summed E-state index contributed by atoms with van der Waals surface area (Å²) in [5.74, 6) is -1.10. The van der Waals surface area contributed by atoms with Gasteiger partial charge in [-0.1, -0.05) is 17.7 Å². The molecule has 0 unspecified atom stereocenters. The van der Waals surface area contributed by atoms with Crippen LogP contribution in [0.4, 0.5) is 5.69 Å². The summed E-state index contributed by atoms with van der Waals surface area (Å²) in [6.45, 7) is 1.33. The van der Waals surface area contributed by atoms with Gasteiger partial charge in [-0.15, -0.1) is 0 Å². The molecular formula is C20H17NO6. The summed E-state index contributed by atoms with van der Waals surface area (Å²) < 4.78 is 15.4. The number of hydrogen-bond acceptors (Lipinski definition) is 6. The van der Waals surface area contributed by atoms with Crippen LogP contribution in [0.2, 0.25) is 0 Å². The zero-order valence-corrected chi connectivity index (χ0v) is 14.8. The van der Waals surface area contributed by atoms with Gasteiger partial charge in [-0.3, -0.25) is 9.59 Å². The number of methoxy groups -OCH3 is 1. The van der Waals surface area contributed by atoms with E-state index >= 15 is 0 Å². The largest absolute Gasteiger partial charge is 0.497 e. The lowest BCUT2D eigenvalue weighted by atomic mass is 10.1. The number of anilines is 1. The molecule has 138 valence electrons. The Bertz CT molecular complexity index is 1070. The molecule has 0 radical (unpaired) electrons. The summed E-state index contributed by atoms with van der Waals surface area (Å²) in [5.41, 5.74) is 1.33. The number of benzene rings is 2. The molecule has 3 aromatic rings. The van der Waals surface area contributed by atoms with E-state index in [-0.39, 0.29) is 16.8 Å². The smallest absolute Gasteiger partial charge is 0.374 e. The molecule has 0 atom stereocenters. The normalized spacial score (nSPS) is 10.4. The minimum Gasteiger partial charge on any atom is -0.497 e. The number of carbonyl (C=O) groups excluding carboxylic acids is 2. The van der Waals surface area contributed by atoms with E-state index in [2.05, 4.69) is 5.32 Å². The molecule has 0 saturated heterocycles. The molecule has 1 amide bonds. The first-order chi connectivity index (χ1) is 13.0. The molecule has 0 aliphatic rings. The number of aryl methyl sites for hydroxylation is 1. The fraction of sp³-hybridized carbons (Fsp3) is 0.150. The van der Waals surface area contributed by atoms with Gasteiger partial charge in [0.15, 0.2) is 12.0 Å². The molecule has 0 aliphatic carbocycles. The minimum absolute atomic E-state index is 0.259. The lowest BCUT2D eigenvalue weighted by Crippen LogP contribution is -2.21. The van der Waals surface area contributed by atoms with Crippen LogP contribution >= 0.6 is 0 Å². The Balaban J connectivity index is 1.66. The van der Waals surface area contributed by atoms with Crippen LogP contribution in [0.15, 0.2) is 57.7 Å². The molecule has 1 N–H and O–H groups in total. The van der Waals surface area contributed by atoms with E-state index in [1.165, 1.54) is 7.11 Å². The molecule has 27 heavy (non-hydrogen) atoms. The highest BCUT2D eigenvalue weighted by Gasteiger charge is 2.15. The van der Waals surface area contributed by atoms with Crippen LogP contribution in [0.25, 0.3) is 11.0 Å². The van der Waals surface area contributed by atoms with Gasteiger partial charge in [-0.05, 0) is 31.2 Å². The second-order valence-corrected chi connectivity index (χ2v) is 5.83. The standard InChI is InChI=1S/C20H17NO6/c1-12-6-7-17-15(8-12)16(22)10-18(27-17)20(24)26-11-19(23)21-13-4-3-5-14(9-13)25-2/h3-10H,11H2,1-2H3,(H,21,23). The monoisotopic (exact) mass is 367 g/mol. The van der Waals surface area contributed by atoms with E-state index < -0.39 is 18.5 Å². The molecule has 1 aromatic heterocycles. The Morgan fingerprint density at radius 2 is 1.93 bits per heavy atom. The number of amides is 1. The van der Waals surface area contributed by atoms with Crippen LogP contribution in [0.1, 0.15) is 16.1 Å².